The topological polar surface area (TPSA) is 17.1 Å². The molecule has 0 aromatic heterocycles. The zero-order chi connectivity index (χ0) is 6.69. The fourth-order valence-corrected chi connectivity index (χ4v) is 2.37. The van der Waals surface area contributed by atoms with Crippen LogP contribution in [0.5, 0.6) is 0 Å². The molecule has 0 spiro atoms. The number of hydrogen-bond donors (Lipinski definition) is 0. The highest BCUT2D eigenvalue weighted by atomic mass is 32.2. The first-order chi connectivity index (χ1) is 4.34. The van der Waals surface area contributed by atoms with Gasteiger partial charge in [-0.15, -0.1) is 0 Å². The van der Waals surface area contributed by atoms with Crippen LogP contribution in [0.3, 0.4) is 0 Å². The molecule has 0 aromatic carbocycles. The zero-order valence-electron chi connectivity index (χ0n) is 5.72. The second-order valence-corrected chi connectivity index (χ2v) is 3.68. The van der Waals surface area contributed by atoms with Crippen molar-refractivity contribution >= 4 is 17.5 Å². The third kappa shape index (κ3) is 1.71. The van der Waals surface area contributed by atoms with E-state index < -0.39 is 0 Å². The van der Waals surface area contributed by atoms with E-state index in [9.17, 15) is 4.79 Å². The van der Waals surface area contributed by atoms with Crippen molar-refractivity contribution in [3.63, 3.8) is 0 Å². The Kier molecular flexibility index (Phi) is 2.58. The van der Waals surface area contributed by atoms with E-state index in [1.165, 1.54) is 0 Å². The van der Waals surface area contributed by atoms with Crippen molar-refractivity contribution in [3.05, 3.63) is 0 Å². The molecule has 0 bridgehead atoms. The van der Waals surface area contributed by atoms with Gasteiger partial charge in [0.1, 0.15) is 5.78 Å². The van der Waals surface area contributed by atoms with Gasteiger partial charge >= 0.3 is 0 Å². The average molecular weight is 144 g/mol. The van der Waals surface area contributed by atoms with Crippen LogP contribution in [-0.2, 0) is 4.79 Å². The zero-order valence-corrected chi connectivity index (χ0v) is 6.54. The van der Waals surface area contributed by atoms with Gasteiger partial charge in [0, 0.05) is 12.2 Å². The molecule has 1 atom stereocenters. The Balaban J connectivity index is 2.31. The second kappa shape index (κ2) is 3.25. The second-order valence-electron chi connectivity index (χ2n) is 2.36. The maximum Gasteiger partial charge on any atom is 0.146 e. The first-order valence-electron chi connectivity index (χ1n) is 3.49. The van der Waals surface area contributed by atoms with E-state index in [2.05, 4.69) is 6.92 Å². The van der Waals surface area contributed by atoms with E-state index in [1.807, 2.05) is 11.8 Å². The van der Waals surface area contributed by atoms with Crippen molar-refractivity contribution in [2.75, 3.05) is 5.75 Å². The Labute approximate surface area is 60.2 Å². The summed E-state index contributed by atoms with van der Waals surface area (Å²) in [6.07, 6.45) is 3.04. The van der Waals surface area contributed by atoms with Gasteiger partial charge in [0.05, 0.1) is 5.25 Å². The molecular weight excluding hydrogens is 132 g/mol. The maximum absolute atomic E-state index is 10.9. The lowest BCUT2D eigenvalue weighted by molar-refractivity contribution is -0.117. The largest absolute Gasteiger partial charge is 0.298 e. The van der Waals surface area contributed by atoms with Gasteiger partial charge in [-0.2, -0.15) is 11.8 Å². The van der Waals surface area contributed by atoms with Crippen molar-refractivity contribution < 1.29 is 4.79 Å². The summed E-state index contributed by atoms with van der Waals surface area (Å²) in [7, 11) is 0. The van der Waals surface area contributed by atoms with E-state index in [-0.39, 0.29) is 0 Å². The summed E-state index contributed by atoms with van der Waals surface area (Å²) in [5.41, 5.74) is 0. The lowest BCUT2D eigenvalue weighted by atomic mass is 10.1. The van der Waals surface area contributed by atoms with Gasteiger partial charge in [-0.3, -0.25) is 4.79 Å². The molecule has 2 heteroatoms. The van der Waals surface area contributed by atoms with Crippen LogP contribution < -0.4 is 0 Å². The van der Waals surface area contributed by atoms with Gasteiger partial charge in [0.15, 0.2) is 0 Å². The molecule has 1 aliphatic rings. The summed E-state index contributed by atoms with van der Waals surface area (Å²) in [5, 5.41) is 0.356. The minimum Gasteiger partial charge on any atom is -0.298 e. The van der Waals surface area contributed by atoms with Gasteiger partial charge in [0.2, 0.25) is 0 Å². The summed E-state index contributed by atoms with van der Waals surface area (Å²) in [4.78, 5) is 10.9. The number of hydrogen-bond acceptors (Lipinski definition) is 2. The number of carbonyl (C=O) groups is 1. The molecule has 1 heterocycles. The van der Waals surface area contributed by atoms with Gasteiger partial charge in [-0.05, 0) is 6.42 Å². The van der Waals surface area contributed by atoms with Crippen LogP contribution in [0.2, 0.25) is 0 Å². The van der Waals surface area contributed by atoms with Crippen LogP contribution in [0, 0.1) is 0 Å². The SMILES string of the molecule is CCC[C@H]1SCCC1=O. The highest BCUT2D eigenvalue weighted by Crippen LogP contribution is 2.26. The van der Waals surface area contributed by atoms with Crippen LogP contribution in [0.15, 0.2) is 0 Å². The van der Waals surface area contributed by atoms with E-state index in [1.54, 1.807) is 0 Å². The number of carbonyl (C=O) groups excluding carboxylic acids is 1. The van der Waals surface area contributed by atoms with Crippen molar-refractivity contribution in [2.45, 2.75) is 31.4 Å². The van der Waals surface area contributed by atoms with Crippen LogP contribution in [0.1, 0.15) is 26.2 Å². The van der Waals surface area contributed by atoms with Crippen LogP contribution >= 0.6 is 11.8 Å². The molecule has 0 unspecified atom stereocenters. The number of ketones is 1. The van der Waals surface area contributed by atoms with E-state index >= 15 is 0 Å². The van der Waals surface area contributed by atoms with Crippen molar-refractivity contribution in [2.24, 2.45) is 0 Å². The van der Waals surface area contributed by atoms with Gasteiger partial charge in [-0.1, -0.05) is 13.3 Å². The number of rotatable bonds is 2. The fraction of sp³-hybridized carbons (Fsp3) is 0.857. The lowest BCUT2D eigenvalue weighted by Gasteiger charge is -2.01. The molecule has 1 fully saturated rings. The predicted molar refractivity (Wildman–Crippen MR) is 40.8 cm³/mol. The molecule has 0 N–H and O–H groups in total. The van der Waals surface area contributed by atoms with E-state index in [0.717, 1.165) is 25.0 Å². The Bertz CT molecular complexity index is 111. The van der Waals surface area contributed by atoms with Gasteiger partial charge in [-0.25, -0.2) is 0 Å². The third-order valence-corrected chi connectivity index (χ3v) is 2.92. The van der Waals surface area contributed by atoms with Gasteiger partial charge < -0.3 is 0 Å². The molecule has 0 radical (unpaired) electrons. The molecule has 1 aliphatic heterocycles. The molecule has 52 valence electrons. The summed E-state index contributed by atoms with van der Waals surface area (Å²) in [6, 6.07) is 0. The molecule has 1 nitrogen and oxygen atoms in total. The summed E-state index contributed by atoms with van der Waals surface area (Å²) < 4.78 is 0. The quantitative estimate of drug-likeness (QED) is 0.588. The lowest BCUT2D eigenvalue weighted by Crippen LogP contribution is -2.08. The van der Waals surface area contributed by atoms with Crippen molar-refractivity contribution in [1.29, 1.82) is 0 Å². The molecule has 1 saturated heterocycles. The van der Waals surface area contributed by atoms with Crippen molar-refractivity contribution in [1.82, 2.24) is 0 Å². The highest BCUT2D eigenvalue weighted by molar-refractivity contribution is 8.01. The molecule has 0 aliphatic carbocycles. The maximum atomic E-state index is 10.9. The number of thioether (sulfide) groups is 1. The Morgan fingerprint density at radius 1 is 1.78 bits per heavy atom. The fourth-order valence-electron chi connectivity index (χ4n) is 1.06. The Hall–Kier alpha value is 0.0200. The Morgan fingerprint density at radius 3 is 3.00 bits per heavy atom. The third-order valence-electron chi connectivity index (χ3n) is 1.58. The van der Waals surface area contributed by atoms with Crippen LogP contribution in [0.25, 0.3) is 0 Å². The minimum atomic E-state index is 0.356. The van der Waals surface area contributed by atoms with Crippen molar-refractivity contribution in [3.8, 4) is 0 Å². The monoisotopic (exact) mass is 144 g/mol. The van der Waals surface area contributed by atoms with E-state index in [4.69, 9.17) is 0 Å². The highest BCUT2D eigenvalue weighted by Gasteiger charge is 2.23. The molecular formula is C7H12OS. The van der Waals surface area contributed by atoms with Crippen LogP contribution in [-0.4, -0.2) is 16.8 Å². The first-order valence-corrected chi connectivity index (χ1v) is 4.53. The minimum absolute atomic E-state index is 0.356. The number of Topliss-reactive ketones (excluding diaryl/α,β-unsaturated/α-hetero) is 1. The molecule has 1 rings (SSSR count). The normalized spacial score (nSPS) is 27.2. The predicted octanol–water partition coefficient (Wildman–Crippen LogP) is 1.86. The summed E-state index contributed by atoms with van der Waals surface area (Å²) >= 11 is 1.83. The van der Waals surface area contributed by atoms with E-state index in [0.29, 0.717) is 11.0 Å². The Morgan fingerprint density at radius 2 is 2.56 bits per heavy atom. The first kappa shape index (κ1) is 7.13. The summed E-state index contributed by atoms with van der Waals surface area (Å²) in [5.74, 6) is 1.53. The standard InChI is InChI=1S/C7H12OS/c1-2-3-7-6(8)4-5-9-7/h7H,2-5H2,1H3/t7-/m1/s1. The van der Waals surface area contributed by atoms with Gasteiger partial charge in [0.25, 0.3) is 0 Å². The molecule has 0 amide bonds. The molecule has 9 heavy (non-hydrogen) atoms. The molecule has 0 saturated carbocycles. The summed E-state index contributed by atoms with van der Waals surface area (Å²) in [6.45, 7) is 2.13. The van der Waals surface area contributed by atoms with Crippen LogP contribution in [0.4, 0.5) is 0 Å². The molecule has 0 aromatic rings. The average Bonchev–Trinajstić information content (AvgIpc) is 2.18. The smallest absolute Gasteiger partial charge is 0.146 e.